The first-order valence-electron chi connectivity index (χ1n) is 5.12. The van der Waals surface area contributed by atoms with Crippen LogP contribution in [0, 0.1) is 6.07 Å². The summed E-state index contributed by atoms with van der Waals surface area (Å²) < 4.78 is 5.59. The molecular weight excluding hydrogens is 200 g/mol. The van der Waals surface area contributed by atoms with E-state index in [0.29, 0.717) is 17.9 Å². The van der Waals surface area contributed by atoms with Crippen LogP contribution in [0.5, 0.6) is 5.75 Å². The molecule has 0 atom stereocenters. The van der Waals surface area contributed by atoms with E-state index in [-0.39, 0.29) is 5.78 Å². The lowest BCUT2D eigenvalue weighted by atomic mass is 9.99. The van der Waals surface area contributed by atoms with Crippen LogP contribution in [0.1, 0.15) is 21.5 Å². The Morgan fingerprint density at radius 3 is 2.94 bits per heavy atom. The number of hydrogen-bond acceptors (Lipinski definition) is 2. The molecule has 3 rings (SSSR count). The van der Waals surface area contributed by atoms with Crippen molar-refractivity contribution in [2.75, 3.05) is 0 Å². The lowest BCUT2D eigenvalue weighted by molar-refractivity contribution is 0.103. The second-order valence-corrected chi connectivity index (χ2v) is 3.70. The highest BCUT2D eigenvalue weighted by Crippen LogP contribution is 2.27. The fraction of sp³-hybridized carbons (Fsp3) is 0.0714. The number of hydrogen-bond donors (Lipinski definition) is 0. The maximum absolute atomic E-state index is 12.2. The van der Waals surface area contributed by atoms with Crippen LogP contribution in [-0.4, -0.2) is 5.78 Å². The van der Waals surface area contributed by atoms with Gasteiger partial charge in [-0.3, -0.25) is 4.79 Å². The van der Waals surface area contributed by atoms with Gasteiger partial charge in [0.25, 0.3) is 0 Å². The van der Waals surface area contributed by atoms with Crippen molar-refractivity contribution in [2.24, 2.45) is 0 Å². The van der Waals surface area contributed by atoms with E-state index in [1.807, 2.05) is 24.3 Å². The van der Waals surface area contributed by atoms with Crippen LogP contribution < -0.4 is 4.74 Å². The Labute approximate surface area is 93.5 Å². The summed E-state index contributed by atoms with van der Waals surface area (Å²) in [6.45, 7) is 0.437. The molecule has 77 valence electrons. The number of fused-ring (bicyclic) bond motifs is 2. The van der Waals surface area contributed by atoms with Gasteiger partial charge in [0.2, 0.25) is 0 Å². The minimum Gasteiger partial charge on any atom is -0.488 e. The van der Waals surface area contributed by atoms with Gasteiger partial charge in [0.15, 0.2) is 5.78 Å². The fourth-order valence-corrected chi connectivity index (χ4v) is 1.89. The minimum atomic E-state index is 0.0251. The van der Waals surface area contributed by atoms with E-state index < -0.39 is 0 Å². The Kier molecular flexibility index (Phi) is 2.00. The second kappa shape index (κ2) is 3.49. The Morgan fingerprint density at radius 1 is 1.12 bits per heavy atom. The first kappa shape index (κ1) is 9.16. The maximum atomic E-state index is 12.2. The van der Waals surface area contributed by atoms with Crippen molar-refractivity contribution >= 4 is 5.78 Å². The maximum Gasteiger partial charge on any atom is 0.197 e. The monoisotopic (exact) mass is 209 g/mol. The number of benzene rings is 2. The van der Waals surface area contributed by atoms with Gasteiger partial charge in [-0.05, 0) is 18.2 Å². The molecule has 0 saturated heterocycles. The van der Waals surface area contributed by atoms with Crippen LogP contribution in [0.4, 0.5) is 0 Å². The molecule has 0 fully saturated rings. The quantitative estimate of drug-likeness (QED) is 0.666. The smallest absolute Gasteiger partial charge is 0.197 e. The molecule has 0 bridgehead atoms. The zero-order chi connectivity index (χ0) is 11.0. The zero-order valence-electron chi connectivity index (χ0n) is 8.57. The summed E-state index contributed by atoms with van der Waals surface area (Å²) in [6.07, 6.45) is 0. The molecule has 0 aliphatic carbocycles. The van der Waals surface area contributed by atoms with Gasteiger partial charge in [0, 0.05) is 11.1 Å². The molecule has 2 heteroatoms. The van der Waals surface area contributed by atoms with Crippen LogP contribution in [-0.2, 0) is 6.61 Å². The molecule has 1 radical (unpaired) electrons. The highest BCUT2D eigenvalue weighted by Gasteiger charge is 2.20. The standard InChI is InChI=1S/C14H9O2/c15-14-11-6-2-1-5-10(11)9-16-13-8-4-3-7-12(13)14/h1-3,5-8H,9H2. The van der Waals surface area contributed by atoms with E-state index in [0.717, 1.165) is 11.1 Å². The number of carbonyl (C=O) groups is 1. The number of carbonyl (C=O) groups excluding carboxylic acids is 1. The van der Waals surface area contributed by atoms with E-state index in [2.05, 4.69) is 6.07 Å². The van der Waals surface area contributed by atoms with E-state index >= 15 is 0 Å². The molecule has 2 aromatic rings. The van der Waals surface area contributed by atoms with Gasteiger partial charge in [-0.15, -0.1) is 0 Å². The fourth-order valence-electron chi connectivity index (χ4n) is 1.89. The lowest BCUT2D eigenvalue weighted by Crippen LogP contribution is -2.02. The molecule has 1 aliphatic rings. The van der Waals surface area contributed by atoms with Crippen molar-refractivity contribution in [1.82, 2.24) is 0 Å². The van der Waals surface area contributed by atoms with E-state index in [9.17, 15) is 4.79 Å². The average Bonchev–Trinajstić information content (AvgIpc) is 2.49. The molecular formula is C14H9O2. The molecule has 0 aromatic heterocycles. The van der Waals surface area contributed by atoms with Gasteiger partial charge >= 0.3 is 0 Å². The Bertz CT molecular complexity index is 509. The van der Waals surface area contributed by atoms with Crippen molar-refractivity contribution in [2.45, 2.75) is 6.61 Å². The highest BCUT2D eigenvalue weighted by atomic mass is 16.5. The molecule has 2 aromatic carbocycles. The third-order valence-electron chi connectivity index (χ3n) is 2.72. The van der Waals surface area contributed by atoms with Crippen LogP contribution in [0.15, 0.2) is 42.5 Å². The average molecular weight is 209 g/mol. The predicted octanol–water partition coefficient (Wildman–Crippen LogP) is 2.61. The Balaban J connectivity index is 2.22. The van der Waals surface area contributed by atoms with Crippen molar-refractivity contribution in [1.29, 1.82) is 0 Å². The van der Waals surface area contributed by atoms with E-state index in [1.54, 1.807) is 18.2 Å². The summed E-state index contributed by atoms with van der Waals surface area (Å²) in [5.74, 6) is 0.640. The van der Waals surface area contributed by atoms with Crippen LogP contribution in [0.3, 0.4) is 0 Å². The minimum absolute atomic E-state index is 0.0251. The summed E-state index contributed by atoms with van der Waals surface area (Å²) >= 11 is 0. The SMILES string of the molecule is O=C1c2ccccc2COc2c[c]ccc21. The van der Waals surface area contributed by atoms with Crippen molar-refractivity contribution in [3.05, 3.63) is 65.2 Å². The molecule has 1 heterocycles. The molecule has 0 saturated carbocycles. The molecule has 16 heavy (non-hydrogen) atoms. The second-order valence-electron chi connectivity index (χ2n) is 3.70. The number of ketones is 1. The molecule has 0 N–H and O–H groups in total. The van der Waals surface area contributed by atoms with Gasteiger partial charge in [-0.1, -0.05) is 30.3 Å². The van der Waals surface area contributed by atoms with Crippen LogP contribution in [0.25, 0.3) is 0 Å². The summed E-state index contributed by atoms with van der Waals surface area (Å²) in [5, 5.41) is 0. The predicted molar refractivity (Wildman–Crippen MR) is 59.5 cm³/mol. The molecule has 0 amide bonds. The van der Waals surface area contributed by atoms with Crippen molar-refractivity contribution < 1.29 is 9.53 Å². The third-order valence-corrected chi connectivity index (χ3v) is 2.72. The van der Waals surface area contributed by atoms with E-state index in [4.69, 9.17) is 4.74 Å². The Hall–Kier alpha value is -2.09. The van der Waals surface area contributed by atoms with Crippen molar-refractivity contribution in [3.63, 3.8) is 0 Å². The summed E-state index contributed by atoms with van der Waals surface area (Å²) in [4.78, 5) is 12.2. The third kappa shape index (κ3) is 1.31. The van der Waals surface area contributed by atoms with Gasteiger partial charge in [0.05, 0.1) is 5.56 Å². The molecule has 0 spiro atoms. The Morgan fingerprint density at radius 2 is 2.00 bits per heavy atom. The van der Waals surface area contributed by atoms with Gasteiger partial charge in [-0.25, -0.2) is 0 Å². The van der Waals surface area contributed by atoms with Crippen LogP contribution in [0.2, 0.25) is 0 Å². The van der Waals surface area contributed by atoms with Crippen LogP contribution >= 0.6 is 0 Å². The summed E-state index contributed by atoms with van der Waals surface area (Å²) in [7, 11) is 0. The first-order valence-corrected chi connectivity index (χ1v) is 5.12. The molecule has 2 nitrogen and oxygen atoms in total. The number of ether oxygens (including phenoxy) is 1. The number of rotatable bonds is 0. The van der Waals surface area contributed by atoms with Gasteiger partial charge in [0.1, 0.15) is 12.4 Å². The largest absolute Gasteiger partial charge is 0.488 e. The topological polar surface area (TPSA) is 26.3 Å². The van der Waals surface area contributed by atoms with Gasteiger partial charge < -0.3 is 4.74 Å². The highest BCUT2D eigenvalue weighted by molar-refractivity contribution is 6.11. The van der Waals surface area contributed by atoms with Crippen molar-refractivity contribution in [3.8, 4) is 5.75 Å². The zero-order valence-corrected chi connectivity index (χ0v) is 8.57. The van der Waals surface area contributed by atoms with E-state index in [1.165, 1.54) is 0 Å². The summed E-state index contributed by atoms with van der Waals surface area (Å²) in [6, 6.07) is 15.7. The summed E-state index contributed by atoms with van der Waals surface area (Å²) in [5.41, 5.74) is 2.28. The lowest BCUT2D eigenvalue weighted by Gasteiger charge is -2.04. The molecule has 1 aliphatic heterocycles. The van der Waals surface area contributed by atoms with Gasteiger partial charge in [-0.2, -0.15) is 0 Å². The molecule has 0 unspecified atom stereocenters. The first-order chi connectivity index (χ1) is 7.86. The normalized spacial score (nSPS) is 13.4.